The summed E-state index contributed by atoms with van der Waals surface area (Å²) in [4.78, 5) is 22.5. The summed E-state index contributed by atoms with van der Waals surface area (Å²) in [6, 6.07) is 7.67. The van der Waals surface area contributed by atoms with Crippen molar-refractivity contribution in [3.05, 3.63) is 56.6 Å². The Labute approximate surface area is 160 Å². The van der Waals surface area contributed by atoms with Crippen LogP contribution in [0.2, 0.25) is 5.02 Å². The number of hydrogen-bond donors (Lipinski definition) is 2. The molecule has 8 nitrogen and oxygen atoms in total. The van der Waals surface area contributed by atoms with Crippen LogP contribution >= 0.6 is 11.6 Å². The summed E-state index contributed by atoms with van der Waals surface area (Å²) in [7, 11) is 1.47. The summed E-state index contributed by atoms with van der Waals surface area (Å²) in [5, 5.41) is 17.0. The van der Waals surface area contributed by atoms with Gasteiger partial charge in [-0.2, -0.15) is 0 Å². The Morgan fingerprint density at radius 1 is 1.26 bits per heavy atom. The van der Waals surface area contributed by atoms with Crippen LogP contribution in [0.3, 0.4) is 0 Å². The quantitative estimate of drug-likeness (QED) is 0.598. The lowest BCUT2D eigenvalue weighted by atomic mass is 10.1. The SMILES string of the molecule is CNC(=O)c1cc([N+](=O)[O-])ccc1NCc1cc(Cl)c2c(c1)OCCCO2. The number of ether oxygens (including phenoxy) is 2. The molecular formula is C18H18ClN3O5. The maximum absolute atomic E-state index is 12.1. The van der Waals surface area contributed by atoms with Gasteiger partial charge < -0.3 is 20.1 Å². The number of nitro benzene ring substituents is 1. The van der Waals surface area contributed by atoms with Crippen molar-refractivity contribution in [1.29, 1.82) is 0 Å². The second-order valence-electron chi connectivity index (χ2n) is 5.88. The average molecular weight is 392 g/mol. The largest absolute Gasteiger partial charge is 0.489 e. The molecule has 0 atom stereocenters. The predicted molar refractivity (Wildman–Crippen MR) is 101 cm³/mol. The molecule has 142 valence electrons. The summed E-state index contributed by atoms with van der Waals surface area (Å²) >= 11 is 6.29. The molecule has 0 saturated heterocycles. The lowest BCUT2D eigenvalue weighted by molar-refractivity contribution is -0.384. The molecule has 0 unspecified atom stereocenters. The molecule has 2 N–H and O–H groups in total. The summed E-state index contributed by atoms with van der Waals surface area (Å²) in [5.74, 6) is 0.684. The highest BCUT2D eigenvalue weighted by molar-refractivity contribution is 6.32. The van der Waals surface area contributed by atoms with Crippen LogP contribution in [-0.2, 0) is 6.54 Å². The van der Waals surface area contributed by atoms with E-state index in [-0.39, 0.29) is 11.3 Å². The van der Waals surface area contributed by atoms with Crippen molar-refractivity contribution in [1.82, 2.24) is 5.32 Å². The molecule has 0 radical (unpaired) electrons. The van der Waals surface area contributed by atoms with Gasteiger partial charge in [0.25, 0.3) is 11.6 Å². The molecule has 1 amide bonds. The van der Waals surface area contributed by atoms with Gasteiger partial charge in [-0.15, -0.1) is 0 Å². The van der Waals surface area contributed by atoms with E-state index in [1.54, 1.807) is 6.07 Å². The van der Waals surface area contributed by atoms with E-state index < -0.39 is 10.8 Å². The van der Waals surface area contributed by atoms with Crippen molar-refractivity contribution < 1.29 is 19.2 Å². The molecule has 0 aliphatic carbocycles. The Balaban J connectivity index is 1.84. The Bertz CT molecular complexity index is 888. The van der Waals surface area contributed by atoms with Crippen LogP contribution in [0.25, 0.3) is 0 Å². The molecule has 0 bridgehead atoms. The lowest BCUT2D eigenvalue weighted by Gasteiger charge is -2.14. The molecule has 3 rings (SSSR count). The second-order valence-corrected chi connectivity index (χ2v) is 6.28. The predicted octanol–water partition coefficient (Wildman–Crippen LogP) is 3.38. The van der Waals surface area contributed by atoms with Crippen LogP contribution in [0.1, 0.15) is 22.3 Å². The zero-order chi connectivity index (χ0) is 19.4. The highest BCUT2D eigenvalue weighted by Crippen LogP contribution is 2.38. The van der Waals surface area contributed by atoms with Crippen LogP contribution in [0, 0.1) is 10.1 Å². The fourth-order valence-corrected chi connectivity index (χ4v) is 2.99. The van der Waals surface area contributed by atoms with Gasteiger partial charge in [0.15, 0.2) is 11.5 Å². The number of fused-ring (bicyclic) bond motifs is 1. The molecule has 0 saturated carbocycles. The third kappa shape index (κ3) is 4.22. The molecule has 27 heavy (non-hydrogen) atoms. The van der Waals surface area contributed by atoms with Crippen molar-refractivity contribution >= 4 is 28.9 Å². The van der Waals surface area contributed by atoms with Gasteiger partial charge in [-0.25, -0.2) is 0 Å². The molecule has 9 heteroatoms. The first-order valence-corrected chi connectivity index (χ1v) is 8.70. The van der Waals surface area contributed by atoms with Gasteiger partial charge in [-0.1, -0.05) is 11.6 Å². The third-order valence-corrected chi connectivity index (χ3v) is 4.31. The normalized spacial score (nSPS) is 12.8. The molecule has 0 aromatic heterocycles. The van der Waals surface area contributed by atoms with E-state index in [4.69, 9.17) is 21.1 Å². The number of carbonyl (C=O) groups is 1. The van der Waals surface area contributed by atoms with Crippen molar-refractivity contribution in [2.45, 2.75) is 13.0 Å². The van der Waals surface area contributed by atoms with E-state index in [0.29, 0.717) is 42.0 Å². The summed E-state index contributed by atoms with van der Waals surface area (Å²) in [5.41, 5.74) is 1.33. The second kappa shape index (κ2) is 8.13. The Kier molecular flexibility index (Phi) is 5.66. The zero-order valence-corrected chi connectivity index (χ0v) is 15.3. The van der Waals surface area contributed by atoms with E-state index in [1.165, 1.54) is 25.2 Å². The molecule has 1 aliphatic heterocycles. The zero-order valence-electron chi connectivity index (χ0n) is 14.6. The van der Waals surface area contributed by atoms with Crippen LogP contribution in [0.4, 0.5) is 11.4 Å². The number of benzene rings is 2. The molecule has 2 aromatic rings. The molecule has 0 fully saturated rings. The van der Waals surface area contributed by atoms with Crippen molar-refractivity contribution in [2.75, 3.05) is 25.6 Å². The number of amides is 1. The summed E-state index contributed by atoms with van der Waals surface area (Å²) in [6.07, 6.45) is 0.775. The number of halogens is 1. The van der Waals surface area contributed by atoms with Crippen LogP contribution in [0.15, 0.2) is 30.3 Å². The highest BCUT2D eigenvalue weighted by atomic mass is 35.5. The van der Waals surface area contributed by atoms with Gasteiger partial charge in [0.05, 0.1) is 28.7 Å². The topological polar surface area (TPSA) is 103 Å². The minimum absolute atomic E-state index is 0.155. The third-order valence-electron chi connectivity index (χ3n) is 4.03. The lowest BCUT2D eigenvalue weighted by Crippen LogP contribution is -2.20. The van der Waals surface area contributed by atoms with Gasteiger partial charge in [0.1, 0.15) is 0 Å². The molecule has 2 aromatic carbocycles. The number of non-ortho nitro benzene ring substituents is 1. The highest BCUT2D eigenvalue weighted by Gasteiger charge is 2.18. The Hall–Kier alpha value is -3.00. The fourth-order valence-electron chi connectivity index (χ4n) is 2.71. The molecule has 0 spiro atoms. The first-order valence-electron chi connectivity index (χ1n) is 8.32. The smallest absolute Gasteiger partial charge is 0.270 e. The summed E-state index contributed by atoms with van der Waals surface area (Å²) < 4.78 is 11.3. The van der Waals surface area contributed by atoms with E-state index in [9.17, 15) is 14.9 Å². The van der Waals surface area contributed by atoms with Gasteiger partial charge >= 0.3 is 0 Å². The van der Waals surface area contributed by atoms with Gasteiger partial charge in [-0.05, 0) is 23.8 Å². The Morgan fingerprint density at radius 2 is 2.04 bits per heavy atom. The monoisotopic (exact) mass is 391 g/mol. The molecular weight excluding hydrogens is 374 g/mol. The standard InChI is InChI=1S/C18H18ClN3O5/c1-20-18(23)13-9-12(22(24)25)3-4-15(13)21-10-11-7-14(19)17-16(8-11)26-5-2-6-27-17/h3-4,7-9,21H,2,5-6,10H2,1H3,(H,20,23). The van der Waals surface area contributed by atoms with Crippen LogP contribution in [-0.4, -0.2) is 31.1 Å². The van der Waals surface area contributed by atoms with Crippen molar-refractivity contribution in [2.24, 2.45) is 0 Å². The van der Waals surface area contributed by atoms with Crippen molar-refractivity contribution in [3.8, 4) is 11.5 Å². The maximum Gasteiger partial charge on any atom is 0.270 e. The van der Waals surface area contributed by atoms with Gasteiger partial charge in [-0.3, -0.25) is 14.9 Å². The van der Waals surface area contributed by atoms with Gasteiger partial charge in [0.2, 0.25) is 0 Å². The number of carbonyl (C=O) groups excluding carboxylic acids is 1. The minimum Gasteiger partial charge on any atom is -0.489 e. The summed E-state index contributed by atoms with van der Waals surface area (Å²) in [6.45, 7) is 1.43. The number of rotatable bonds is 5. The van der Waals surface area contributed by atoms with Crippen LogP contribution in [0.5, 0.6) is 11.5 Å². The fraction of sp³-hybridized carbons (Fsp3) is 0.278. The average Bonchev–Trinajstić information content (AvgIpc) is 2.91. The van der Waals surface area contributed by atoms with Crippen LogP contribution < -0.4 is 20.1 Å². The number of nitro groups is 1. The van der Waals surface area contributed by atoms with Crippen molar-refractivity contribution in [3.63, 3.8) is 0 Å². The molecule has 1 heterocycles. The number of nitrogens with zero attached hydrogens (tertiary/aromatic N) is 1. The number of nitrogens with one attached hydrogen (secondary N) is 2. The number of hydrogen-bond acceptors (Lipinski definition) is 6. The first kappa shape index (κ1) is 18.8. The Morgan fingerprint density at radius 3 is 2.78 bits per heavy atom. The van der Waals surface area contributed by atoms with Gasteiger partial charge in [0, 0.05) is 37.8 Å². The van der Waals surface area contributed by atoms with E-state index >= 15 is 0 Å². The van der Waals surface area contributed by atoms with E-state index in [1.807, 2.05) is 6.07 Å². The van der Waals surface area contributed by atoms with E-state index in [0.717, 1.165) is 12.0 Å². The number of anilines is 1. The maximum atomic E-state index is 12.1. The first-order chi connectivity index (χ1) is 13.0. The van der Waals surface area contributed by atoms with E-state index in [2.05, 4.69) is 10.6 Å². The molecule has 1 aliphatic rings. The minimum atomic E-state index is -0.542.